The second-order valence-electron chi connectivity index (χ2n) is 5.01. The van der Waals surface area contributed by atoms with Gasteiger partial charge in [-0.25, -0.2) is 13.4 Å². The van der Waals surface area contributed by atoms with Crippen molar-refractivity contribution >= 4 is 33.1 Å². The van der Waals surface area contributed by atoms with Gasteiger partial charge in [0.25, 0.3) is 0 Å². The molecule has 0 unspecified atom stereocenters. The molecule has 0 aliphatic heterocycles. The first-order valence-corrected chi connectivity index (χ1v) is 8.73. The summed E-state index contributed by atoms with van der Waals surface area (Å²) in [6, 6.07) is 11.4. The molecule has 5 nitrogen and oxygen atoms in total. The molecule has 118 valence electrons. The summed E-state index contributed by atoms with van der Waals surface area (Å²) in [4.78, 5) is 4.53. The topological polar surface area (TPSA) is 80.4 Å². The predicted molar refractivity (Wildman–Crippen MR) is 88.8 cm³/mol. The number of fused-ring (bicyclic) bond motifs is 1. The normalized spacial score (nSPS) is 12.2. The van der Waals surface area contributed by atoms with E-state index in [0.29, 0.717) is 17.0 Å². The summed E-state index contributed by atoms with van der Waals surface area (Å²) in [6.07, 6.45) is 3.49. The van der Waals surface area contributed by atoms with Gasteiger partial charge in [0.2, 0.25) is 5.89 Å². The monoisotopic (exact) mass is 329 g/mol. The van der Waals surface area contributed by atoms with E-state index in [9.17, 15) is 13.5 Å². The van der Waals surface area contributed by atoms with Gasteiger partial charge in [-0.3, -0.25) is 0 Å². The van der Waals surface area contributed by atoms with Crippen molar-refractivity contribution in [2.75, 3.05) is 5.75 Å². The molecule has 0 spiro atoms. The Balaban J connectivity index is 1.92. The SMILES string of the molecule is CCS(=O)(=O)c1ccc2oc(/C=C/c3ccc(O)cc3)nc2c1. The summed E-state index contributed by atoms with van der Waals surface area (Å²) in [5.41, 5.74) is 1.93. The lowest BCUT2D eigenvalue weighted by molar-refractivity contribution is 0.475. The van der Waals surface area contributed by atoms with E-state index in [-0.39, 0.29) is 16.4 Å². The highest BCUT2D eigenvalue weighted by Gasteiger charge is 2.13. The number of phenolic OH excluding ortho intramolecular Hbond substituents is 1. The molecule has 0 radical (unpaired) electrons. The Morgan fingerprint density at radius 1 is 1.13 bits per heavy atom. The van der Waals surface area contributed by atoms with Crippen LogP contribution < -0.4 is 0 Å². The van der Waals surface area contributed by atoms with Crippen LogP contribution in [0.5, 0.6) is 5.75 Å². The Morgan fingerprint density at radius 2 is 1.87 bits per heavy atom. The van der Waals surface area contributed by atoms with Gasteiger partial charge in [-0.2, -0.15) is 0 Å². The molecule has 0 atom stereocenters. The summed E-state index contributed by atoms with van der Waals surface area (Å²) in [5.74, 6) is 0.636. The van der Waals surface area contributed by atoms with Crippen molar-refractivity contribution in [3.05, 3.63) is 53.9 Å². The molecule has 0 saturated carbocycles. The summed E-state index contributed by atoms with van der Waals surface area (Å²) < 4.78 is 29.4. The standard InChI is InChI=1S/C17H15NO4S/c1-2-23(20,21)14-8-9-16-15(11-14)18-17(22-16)10-5-12-3-6-13(19)7-4-12/h3-11,19H,2H2,1H3/b10-5+. The third-order valence-electron chi connectivity index (χ3n) is 3.43. The molecule has 23 heavy (non-hydrogen) atoms. The summed E-state index contributed by atoms with van der Waals surface area (Å²) in [5, 5.41) is 9.25. The third-order valence-corrected chi connectivity index (χ3v) is 5.16. The van der Waals surface area contributed by atoms with Crippen LogP contribution in [-0.2, 0) is 9.84 Å². The fourth-order valence-electron chi connectivity index (χ4n) is 2.11. The van der Waals surface area contributed by atoms with Crippen molar-refractivity contribution in [2.45, 2.75) is 11.8 Å². The molecule has 2 aromatic carbocycles. The number of sulfone groups is 1. The molecule has 0 aliphatic rings. The Morgan fingerprint density at radius 3 is 2.57 bits per heavy atom. The molecule has 3 rings (SSSR count). The smallest absolute Gasteiger partial charge is 0.220 e. The fraction of sp³-hybridized carbons (Fsp3) is 0.118. The van der Waals surface area contributed by atoms with Gasteiger partial charge in [-0.05, 0) is 42.0 Å². The van der Waals surface area contributed by atoms with Gasteiger partial charge in [-0.15, -0.1) is 0 Å². The fourth-order valence-corrected chi connectivity index (χ4v) is 3.01. The lowest BCUT2D eigenvalue weighted by Crippen LogP contribution is -2.03. The van der Waals surface area contributed by atoms with Gasteiger partial charge in [0.1, 0.15) is 11.3 Å². The van der Waals surface area contributed by atoms with Gasteiger partial charge in [0, 0.05) is 6.08 Å². The molecule has 0 bridgehead atoms. The highest BCUT2D eigenvalue weighted by Crippen LogP contribution is 2.22. The lowest BCUT2D eigenvalue weighted by atomic mass is 10.2. The van der Waals surface area contributed by atoms with Crippen molar-refractivity contribution in [1.82, 2.24) is 4.98 Å². The van der Waals surface area contributed by atoms with Crippen LogP contribution in [0.1, 0.15) is 18.4 Å². The highest BCUT2D eigenvalue weighted by molar-refractivity contribution is 7.91. The molecule has 1 heterocycles. The lowest BCUT2D eigenvalue weighted by Gasteiger charge is -1.99. The summed E-state index contributed by atoms with van der Waals surface area (Å²) in [6.45, 7) is 1.61. The van der Waals surface area contributed by atoms with E-state index >= 15 is 0 Å². The Kier molecular flexibility index (Phi) is 3.92. The second-order valence-corrected chi connectivity index (χ2v) is 7.29. The molecule has 1 N–H and O–H groups in total. The number of phenols is 1. The van der Waals surface area contributed by atoms with Crippen LogP contribution in [0.2, 0.25) is 0 Å². The zero-order chi connectivity index (χ0) is 16.4. The van der Waals surface area contributed by atoms with Gasteiger partial charge in [0.15, 0.2) is 15.4 Å². The maximum absolute atomic E-state index is 11.9. The number of hydrogen-bond acceptors (Lipinski definition) is 5. The van der Waals surface area contributed by atoms with E-state index < -0.39 is 9.84 Å². The molecule has 3 aromatic rings. The quantitative estimate of drug-likeness (QED) is 0.792. The van der Waals surface area contributed by atoms with E-state index in [4.69, 9.17) is 4.42 Å². The third kappa shape index (κ3) is 3.27. The van der Waals surface area contributed by atoms with Crippen molar-refractivity contribution in [1.29, 1.82) is 0 Å². The van der Waals surface area contributed by atoms with Gasteiger partial charge in [0.05, 0.1) is 10.6 Å². The summed E-state index contributed by atoms with van der Waals surface area (Å²) in [7, 11) is -3.26. The van der Waals surface area contributed by atoms with Gasteiger partial charge < -0.3 is 9.52 Å². The van der Waals surface area contributed by atoms with E-state index in [0.717, 1.165) is 5.56 Å². The van der Waals surface area contributed by atoms with Crippen LogP contribution in [0.3, 0.4) is 0 Å². The van der Waals surface area contributed by atoms with Crippen molar-refractivity contribution < 1.29 is 17.9 Å². The number of aromatic hydroxyl groups is 1. The van der Waals surface area contributed by atoms with Gasteiger partial charge in [-0.1, -0.05) is 19.1 Å². The van der Waals surface area contributed by atoms with E-state index in [1.54, 1.807) is 49.4 Å². The maximum Gasteiger partial charge on any atom is 0.220 e. The van der Waals surface area contributed by atoms with Crippen LogP contribution in [-0.4, -0.2) is 24.3 Å². The first kappa shape index (κ1) is 15.3. The van der Waals surface area contributed by atoms with Crippen LogP contribution in [0.25, 0.3) is 23.3 Å². The molecule has 0 amide bonds. The zero-order valence-electron chi connectivity index (χ0n) is 12.4. The molecule has 6 heteroatoms. The molecular weight excluding hydrogens is 314 g/mol. The highest BCUT2D eigenvalue weighted by atomic mass is 32.2. The van der Waals surface area contributed by atoms with Gasteiger partial charge >= 0.3 is 0 Å². The average Bonchev–Trinajstić information content (AvgIpc) is 2.96. The van der Waals surface area contributed by atoms with Crippen LogP contribution in [0.4, 0.5) is 0 Å². The molecule has 0 fully saturated rings. The number of oxazole rings is 1. The molecule has 1 aromatic heterocycles. The van der Waals surface area contributed by atoms with Crippen LogP contribution in [0, 0.1) is 0 Å². The van der Waals surface area contributed by atoms with Crippen molar-refractivity contribution in [3.63, 3.8) is 0 Å². The summed E-state index contributed by atoms with van der Waals surface area (Å²) >= 11 is 0. The number of rotatable bonds is 4. The first-order valence-electron chi connectivity index (χ1n) is 7.08. The van der Waals surface area contributed by atoms with Crippen molar-refractivity contribution in [2.24, 2.45) is 0 Å². The average molecular weight is 329 g/mol. The van der Waals surface area contributed by atoms with E-state index in [2.05, 4.69) is 4.98 Å². The van der Waals surface area contributed by atoms with E-state index in [1.807, 2.05) is 0 Å². The largest absolute Gasteiger partial charge is 0.508 e. The Hall–Kier alpha value is -2.60. The van der Waals surface area contributed by atoms with Crippen LogP contribution in [0.15, 0.2) is 51.8 Å². The number of hydrogen-bond donors (Lipinski definition) is 1. The number of nitrogens with zero attached hydrogens (tertiary/aromatic N) is 1. The number of aromatic nitrogens is 1. The Labute approximate surface area is 133 Å². The predicted octanol–water partition coefficient (Wildman–Crippen LogP) is 3.50. The second kappa shape index (κ2) is 5.89. The zero-order valence-corrected chi connectivity index (χ0v) is 13.2. The molecule has 0 saturated heterocycles. The van der Waals surface area contributed by atoms with Crippen molar-refractivity contribution in [3.8, 4) is 5.75 Å². The van der Waals surface area contributed by atoms with E-state index in [1.165, 1.54) is 12.1 Å². The number of benzene rings is 2. The van der Waals surface area contributed by atoms with Crippen LogP contribution >= 0.6 is 0 Å². The Bertz CT molecular complexity index is 970. The first-order chi connectivity index (χ1) is 11.0. The maximum atomic E-state index is 11.9. The minimum absolute atomic E-state index is 0.0456. The minimum Gasteiger partial charge on any atom is -0.508 e. The molecule has 0 aliphatic carbocycles. The molecular formula is C17H15NO4S. The minimum atomic E-state index is -3.26.